The van der Waals surface area contributed by atoms with Crippen LogP contribution < -0.4 is 10.6 Å². The topological polar surface area (TPSA) is 53.1 Å². The minimum absolute atomic E-state index is 0.0965. The van der Waals surface area contributed by atoms with E-state index in [1.807, 2.05) is 11.9 Å². The zero-order chi connectivity index (χ0) is 13.1. The molecular formula is C14H20FN3. The molecule has 1 fully saturated rings. The minimum atomic E-state index is -0.296. The van der Waals surface area contributed by atoms with Crippen molar-refractivity contribution in [3.8, 4) is 0 Å². The standard InChI is InChI=1S/C14H20FN3/c1-18(11-5-3-2-4-6-11)13-8-7-10(14(16)17)9-12(13)15/h7-9,11H,2-6H2,1H3,(H3,16,17). The van der Waals surface area contributed by atoms with Gasteiger partial charge in [-0.3, -0.25) is 5.41 Å². The predicted molar refractivity (Wildman–Crippen MR) is 72.7 cm³/mol. The quantitative estimate of drug-likeness (QED) is 0.639. The maximum atomic E-state index is 14.0. The number of nitrogens with one attached hydrogen (secondary N) is 1. The summed E-state index contributed by atoms with van der Waals surface area (Å²) in [5, 5.41) is 7.30. The molecule has 1 saturated carbocycles. The zero-order valence-corrected chi connectivity index (χ0v) is 10.7. The number of nitrogens with zero attached hydrogens (tertiary/aromatic N) is 1. The van der Waals surface area contributed by atoms with Crippen LogP contribution in [0, 0.1) is 11.2 Å². The van der Waals surface area contributed by atoms with E-state index in [-0.39, 0.29) is 11.7 Å². The fourth-order valence-electron chi connectivity index (χ4n) is 2.63. The Balaban J connectivity index is 2.19. The average Bonchev–Trinajstić information content (AvgIpc) is 2.38. The summed E-state index contributed by atoms with van der Waals surface area (Å²) in [5.41, 5.74) is 6.40. The maximum absolute atomic E-state index is 14.0. The van der Waals surface area contributed by atoms with Crippen LogP contribution in [0.2, 0.25) is 0 Å². The van der Waals surface area contributed by atoms with Gasteiger partial charge in [-0.05, 0) is 31.0 Å². The van der Waals surface area contributed by atoms with E-state index >= 15 is 0 Å². The first-order valence-corrected chi connectivity index (χ1v) is 6.46. The second-order valence-corrected chi connectivity index (χ2v) is 4.98. The molecule has 0 aliphatic heterocycles. The van der Waals surface area contributed by atoms with Crippen molar-refractivity contribution in [1.82, 2.24) is 0 Å². The first kappa shape index (κ1) is 12.9. The lowest BCUT2D eigenvalue weighted by atomic mass is 9.94. The summed E-state index contributed by atoms with van der Waals surface area (Å²) >= 11 is 0. The van der Waals surface area contributed by atoms with Crippen molar-refractivity contribution in [3.63, 3.8) is 0 Å². The Morgan fingerprint density at radius 2 is 2.00 bits per heavy atom. The number of nitrogen functional groups attached to an aromatic ring is 1. The molecule has 2 rings (SSSR count). The van der Waals surface area contributed by atoms with Crippen molar-refractivity contribution in [1.29, 1.82) is 5.41 Å². The highest BCUT2D eigenvalue weighted by molar-refractivity contribution is 5.95. The predicted octanol–water partition coefficient (Wildman–Crippen LogP) is 2.88. The normalized spacial score (nSPS) is 16.6. The molecule has 3 N–H and O–H groups in total. The third kappa shape index (κ3) is 2.63. The van der Waals surface area contributed by atoms with Crippen LogP contribution in [0.25, 0.3) is 0 Å². The van der Waals surface area contributed by atoms with E-state index in [4.69, 9.17) is 11.1 Å². The third-order valence-electron chi connectivity index (χ3n) is 3.76. The molecule has 0 spiro atoms. The van der Waals surface area contributed by atoms with Gasteiger partial charge in [0.1, 0.15) is 11.7 Å². The minimum Gasteiger partial charge on any atom is -0.384 e. The summed E-state index contributed by atoms with van der Waals surface area (Å²) in [5.74, 6) is -0.392. The van der Waals surface area contributed by atoms with Gasteiger partial charge in [0.25, 0.3) is 0 Å². The van der Waals surface area contributed by atoms with Gasteiger partial charge in [0, 0.05) is 18.7 Å². The number of anilines is 1. The second-order valence-electron chi connectivity index (χ2n) is 4.98. The van der Waals surface area contributed by atoms with Gasteiger partial charge in [0.05, 0.1) is 5.69 Å². The molecule has 3 nitrogen and oxygen atoms in total. The molecule has 0 radical (unpaired) electrons. The summed E-state index contributed by atoms with van der Waals surface area (Å²) in [6, 6.07) is 5.20. The lowest BCUT2D eigenvalue weighted by Gasteiger charge is -2.33. The second kappa shape index (κ2) is 5.38. The van der Waals surface area contributed by atoms with Crippen LogP contribution in [0.4, 0.5) is 10.1 Å². The summed E-state index contributed by atoms with van der Waals surface area (Å²) in [4.78, 5) is 2.03. The summed E-state index contributed by atoms with van der Waals surface area (Å²) in [6.07, 6.45) is 6.00. The lowest BCUT2D eigenvalue weighted by molar-refractivity contribution is 0.424. The highest BCUT2D eigenvalue weighted by Crippen LogP contribution is 2.28. The molecule has 98 valence electrons. The number of benzene rings is 1. The van der Waals surface area contributed by atoms with E-state index in [0.717, 1.165) is 12.8 Å². The largest absolute Gasteiger partial charge is 0.384 e. The highest BCUT2D eigenvalue weighted by atomic mass is 19.1. The molecule has 0 heterocycles. The molecule has 0 saturated heterocycles. The zero-order valence-electron chi connectivity index (χ0n) is 10.7. The van der Waals surface area contributed by atoms with Crippen molar-refractivity contribution in [3.05, 3.63) is 29.6 Å². The van der Waals surface area contributed by atoms with Crippen LogP contribution >= 0.6 is 0 Å². The smallest absolute Gasteiger partial charge is 0.147 e. The summed E-state index contributed by atoms with van der Waals surface area (Å²) < 4.78 is 14.0. The van der Waals surface area contributed by atoms with E-state index in [9.17, 15) is 4.39 Å². The van der Waals surface area contributed by atoms with Crippen LogP contribution in [0.15, 0.2) is 18.2 Å². The van der Waals surface area contributed by atoms with Crippen molar-refractivity contribution in [2.75, 3.05) is 11.9 Å². The Hall–Kier alpha value is -1.58. The Morgan fingerprint density at radius 3 is 2.56 bits per heavy atom. The molecule has 1 aromatic carbocycles. The third-order valence-corrected chi connectivity index (χ3v) is 3.76. The number of halogens is 1. The Morgan fingerprint density at radius 1 is 1.33 bits per heavy atom. The van der Waals surface area contributed by atoms with E-state index in [0.29, 0.717) is 17.3 Å². The van der Waals surface area contributed by atoms with E-state index in [1.54, 1.807) is 12.1 Å². The monoisotopic (exact) mass is 249 g/mol. The first-order valence-electron chi connectivity index (χ1n) is 6.46. The molecule has 0 bridgehead atoms. The van der Waals surface area contributed by atoms with Gasteiger partial charge in [0.2, 0.25) is 0 Å². The number of nitrogens with two attached hydrogens (primary N) is 1. The fourth-order valence-corrected chi connectivity index (χ4v) is 2.63. The molecular weight excluding hydrogens is 229 g/mol. The van der Waals surface area contributed by atoms with E-state index in [2.05, 4.69) is 0 Å². The van der Waals surface area contributed by atoms with Gasteiger partial charge in [-0.25, -0.2) is 4.39 Å². The van der Waals surface area contributed by atoms with Gasteiger partial charge in [-0.15, -0.1) is 0 Å². The average molecular weight is 249 g/mol. The molecule has 0 amide bonds. The van der Waals surface area contributed by atoms with Gasteiger partial charge in [-0.1, -0.05) is 19.3 Å². The lowest BCUT2D eigenvalue weighted by Crippen LogP contribution is -2.34. The van der Waals surface area contributed by atoms with Crippen molar-refractivity contribution < 1.29 is 4.39 Å². The number of hydrogen-bond donors (Lipinski definition) is 2. The molecule has 0 unspecified atom stereocenters. The fraction of sp³-hybridized carbons (Fsp3) is 0.500. The number of hydrogen-bond acceptors (Lipinski definition) is 2. The van der Waals surface area contributed by atoms with E-state index < -0.39 is 0 Å². The number of rotatable bonds is 3. The van der Waals surface area contributed by atoms with Crippen LogP contribution in [0.5, 0.6) is 0 Å². The van der Waals surface area contributed by atoms with Crippen LogP contribution in [0.1, 0.15) is 37.7 Å². The Bertz CT molecular complexity index is 439. The SMILES string of the molecule is CN(c1ccc(C(=N)N)cc1F)C1CCCCC1. The van der Waals surface area contributed by atoms with Crippen molar-refractivity contribution in [2.45, 2.75) is 38.1 Å². The molecule has 1 aliphatic rings. The van der Waals surface area contributed by atoms with Gasteiger partial charge < -0.3 is 10.6 Å². The van der Waals surface area contributed by atoms with E-state index in [1.165, 1.54) is 25.3 Å². The summed E-state index contributed by atoms with van der Waals surface area (Å²) in [6.45, 7) is 0. The maximum Gasteiger partial charge on any atom is 0.147 e. The molecule has 18 heavy (non-hydrogen) atoms. The Labute approximate surface area is 107 Å². The highest BCUT2D eigenvalue weighted by Gasteiger charge is 2.20. The van der Waals surface area contributed by atoms with Gasteiger partial charge in [-0.2, -0.15) is 0 Å². The molecule has 0 atom stereocenters. The molecule has 0 aromatic heterocycles. The van der Waals surface area contributed by atoms with Crippen LogP contribution in [0.3, 0.4) is 0 Å². The molecule has 4 heteroatoms. The van der Waals surface area contributed by atoms with Crippen LogP contribution in [-0.2, 0) is 0 Å². The molecule has 1 aliphatic carbocycles. The van der Waals surface area contributed by atoms with Crippen LogP contribution in [-0.4, -0.2) is 18.9 Å². The number of amidine groups is 1. The Kier molecular flexibility index (Phi) is 3.84. The first-order chi connectivity index (χ1) is 8.59. The van der Waals surface area contributed by atoms with Gasteiger partial charge >= 0.3 is 0 Å². The van der Waals surface area contributed by atoms with Gasteiger partial charge in [0.15, 0.2) is 0 Å². The van der Waals surface area contributed by atoms with Crippen molar-refractivity contribution in [2.24, 2.45) is 5.73 Å². The van der Waals surface area contributed by atoms with Crippen molar-refractivity contribution >= 4 is 11.5 Å². The summed E-state index contributed by atoms with van der Waals surface area (Å²) in [7, 11) is 1.95. The molecule has 1 aromatic rings.